The SMILES string of the molecule is Cc1cccc(NC(=O)c2cc(N)cn2C)c1. The van der Waals surface area contributed by atoms with Crippen molar-refractivity contribution in [3.8, 4) is 0 Å². The zero-order chi connectivity index (χ0) is 12.4. The molecule has 0 radical (unpaired) electrons. The molecule has 1 heterocycles. The minimum atomic E-state index is -0.158. The van der Waals surface area contributed by atoms with Crippen LogP contribution in [0.25, 0.3) is 0 Å². The first-order valence-corrected chi connectivity index (χ1v) is 5.36. The lowest BCUT2D eigenvalue weighted by atomic mass is 10.2. The van der Waals surface area contributed by atoms with Gasteiger partial charge in [0, 0.05) is 18.9 Å². The average Bonchev–Trinajstić information content (AvgIpc) is 2.58. The van der Waals surface area contributed by atoms with E-state index in [-0.39, 0.29) is 5.91 Å². The summed E-state index contributed by atoms with van der Waals surface area (Å²) >= 11 is 0. The summed E-state index contributed by atoms with van der Waals surface area (Å²) in [5.41, 5.74) is 8.66. The third-order valence-electron chi connectivity index (χ3n) is 2.53. The molecule has 0 unspecified atom stereocenters. The number of rotatable bonds is 2. The van der Waals surface area contributed by atoms with Gasteiger partial charge in [-0.25, -0.2) is 0 Å². The lowest BCUT2D eigenvalue weighted by Gasteiger charge is -2.06. The van der Waals surface area contributed by atoms with E-state index in [2.05, 4.69) is 5.32 Å². The highest BCUT2D eigenvalue weighted by molar-refractivity contribution is 6.03. The van der Waals surface area contributed by atoms with E-state index in [1.165, 1.54) is 0 Å². The van der Waals surface area contributed by atoms with Gasteiger partial charge in [-0.2, -0.15) is 0 Å². The van der Waals surface area contributed by atoms with Crippen molar-refractivity contribution in [2.24, 2.45) is 7.05 Å². The van der Waals surface area contributed by atoms with Crippen molar-refractivity contribution < 1.29 is 4.79 Å². The molecule has 17 heavy (non-hydrogen) atoms. The molecule has 3 N–H and O–H groups in total. The summed E-state index contributed by atoms with van der Waals surface area (Å²) in [5.74, 6) is -0.158. The third kappa shape index (κ3) is 2.47. The third-order valence-corrected chi connectivity index (χ3v) is 2.53. The van der Waals surface area contributed by atoms with Crippen LogP contribution in [0.2, 0.25) is 0 Å². The van der Waals surface area contributed by atoms with Gasteiger partial charge in [-0.05, 0) is 30.7 Å². The molecule has 88 valence electrons. The molecule has 2 aromatic rings. The summed E-state index contributed by atoms with van der Waals surface area (Å²) in [6.45, 7) is 1.98. The number of hydrogen-bond donors (Lipinski definition) is 2. The second kappa shape index (κ2) is 4.33. The molecule has 0 saturated heterocycles. The van der Waals surface area contributed by atoms with Crippen molar-refractivity contribution in [2.75, 3.05) is 11.1 Å². The number of nitrogens with zero attached hydrogens (tertiary/aromatic N) is 1. The smallest absolute Gasteiger partial charge is 0.272 e. The first-order valence-electron chi connectivity index (χ1n) is 5.36. The number of carbonyl (C=O) groups is 1. The van der Waals surface area contributed by atoms with Crippen LogP contribution in [0.3, 0.4) is 0 Å². The molecule has 0 aliphatic rings. The van der Waals surface area contributed by atoms with E-state index in [1.54, 1.807) is 23.9 Å². The maximum absolute atomic E-state index is 12.0. The van der Waals surface area contributed by atoms with Crippen molar-refractivity contribution in [3.05, 3.63) is 47.8 Å². The summed E-state index contributed by atoms with van der Waals surface area (Å²) in [7, 11) is 1.79. The number of nitrogen functional groups attached to an aromatic ring is 1. The lowest BCUT2D eigenvalue weighted by Crippen LogP contribution is -2.15. The fourth-order valence-electron chi connectivity index (χ4n) is 1.73. The zero-order valence-electron chi connectivity index (χ0n) is 9.90. The van der Waals surface area contributed by atoms with Gasteiger partial charge in [0.05, 0.1) is 5.69 Å². The number of nitrogens with one attached hydrogen (secondary N) is 1. The molecular weight excluding hydrogens is 214 g/mol. The van der Waals surface area contributed by atoms with Crippen LogP contribution >= 0.6 is 0 Å². The first kappa shape index (κ1) is 11.3. The van der Waals surface area contributed by atoms with Crippen molar-refractivity contribution in [1.82, 2.24) is 4.57 Å². The minimum absolute atomic E-state index is 0.158. The summed E-state index contributed by atoms with van der Waals surface area (Å²) in [6, 6.07) is 9.33. The topological polar surface area (TPSA) is 60.1 Å². The number of aromatic nitrogens is 1. The second-order valence-corrected chi connectivity index (χ2v) is 4.09. The van der Waals surface area contributed by atoms with E-state index in [4.69, 9.17) is 5.73 Å². The molecule has 0 bridgehead atoms. The molecule has 4 nitrogen and oxygen atoms in total. The van der Waals surface area contributed by atoms with Gasteiger partial charge in [-0.15, -0.1) is 0 Å². The number of hydrogen-bond acceptors (Lipinski definition) is 2. The largest absolute Gasteiger partial charge is 0.397 e. The van der Waals surface area contributed by atoms with Gasteiger partial charge in [0.15, 0.2) is 0 Å². The maximum Gasteiger partial charge on any atom is 0.272 e. The predicted molar refractivity (Wildman–Crippen MR) is 69.0 cm³/mol. The minimum Gasteiger partial charge on any atom is -0.397 e. The van der Waals surface area contributed by atoms with Crippen molar-refractivity contribution in [3.63, 3.8) is 0 Å². The van der Waals surface area contributed by atoms with Gasteiger partial charge < -0.3 is 15.6 Å². The summed E-state index contributed by atoms with van der Waals surface area (Å²) < 4.78 is 1.71. The molecule has 0 aliphatic carbocycles. The Hall–Kier alpha value is -2.23. The average molecular weight is 229 g/mol. The lowest BCUT2D eigenvalue weighted by molar-refractivity contribution is 0.101. The Morgan fingerprint density at radius 2 is 2.12 bits per heavy atom. The van der Waals surface area contributed by atoms with Gasteiger partial charge in [0.25, 0.3) is 5.91 Å². The van der Waals surface area contributed by atoms with Gasteiger partial charge in [-0.1, -0.05) is 12.1 Å². The molecule has 0 aliphatic heterocycles. The standard InChI is InChI=1S/C13H15N3O/c1-9-4-3-5-11(6-9)15-13(17)12-7-10(14)8-16(12)2/h3-8H,14H2,1-2H3,(H,15,17). The van der Waals surface area contributed by atoms with Gasteiger partial charge >= 0.3 is 0 Å². The second-order valence-electron chi connectivity index (χ2n) is 4.09. The van der Waals surface area contributed by atoms with Crippen molar-refractivity contribution in [2.45, 2.75) is 6.92 Å². The number of carbonyl (C=O) groups excluding carboxylic acids is 1. The Labute approximate surface area is 100 Å². The fraction of sp³-hybridized carbons (Fsp3) is 0.154. The number of aryl methyl sites for hydroxylation is 2. The van der Waals surface area contributed by atoms with Crippen LogP contribution in [-0.2, 0) is 7.05 Å². The molecule has 4 heteroatoms. The van der Waals surface area contributed by atoms with Crippen LogP contribution in [0.5, 0.6) is 0 Å². The van der Waals surface area contributed by atoms with Gasteiger partial charge in [-0.3, -0.25) is 4.79 Å². The van der Waals surface area contributed by atoms with E-state index in [9.17, 15) is 4.79 Å². The van der Waals surface area contributed by atoms with E-state index in [0.29, 0.717) is 11.4 Å². The quantitative estimate of drug-likeness (QED) is 0.829. The zero-order valence-corrected chi connectivity index (χ0v) is 9.90. The molecule has 1 amide bonds. The monoisotopic (exact) mass is 229 g/mol. The van der Waals surface area contributed by atoms with E-state index in [0.717, 1.165) is 11.3 Å². The summed E-state index contributed by atoms with van der Waals surface area (Å²) in [6.07, 6.45) is 1.71. The van der Waals surface area contributed by atoms with Crippen LogP contribution < -0.4 is 11.1 Å². The Morgan fingerprint density at radius 1 is 1.35 bits per heavy atom. The molecule has 0 atom stereocenters. The molecule has 0 saturated carbocycles. The normalized spacial score (nSPS) is 10.2. The molecular formula is C13H15N3O. The number of anilines is 2. The van der Waals surface area contributed by atoms with Crippen molar-refractivity contribution >= 4 is 17.3 Å². The van der Waals surface area contributed by atoms with Crippen LogP contribution in [0.4, 0.5) is 11.4 Å². The number of benzene rings is 1. The van der Waals surface area contributed by atoms with E-state index in [1.807, 2.05) is 31.2 Å². The van der Waals surface area contributed by atoms with E-state index < -0.39 is 0 Å². The van der Waals surface area contributed by atoms with Crippen LogP contribution in [0, 0.1) is 6.92 Å². The molecule has 1 aromatic heterocycles. The van der Waals surface area contributed by atoms with E-state index >= 15 is 0 Å². The highest BCUT2D eigenvalue weighted by Crippen LogP contribution is 2.13. The van der Waals surface area contributed by atoms with Gasteiger partial charge in [0.2, 0.25) is 0 Å². The van der Waals surface area contributed by atoms with Crippen LogP contribution in [0.15, 0.2) is 36.5 Å². The van der Waals surface area contributed by atoms with Gasteiger partial charge in [0.1, 0.15) is 5.69 Å². The first-order chi connectivity index (χ1) is 8.06. The summed E-state index contributed by atoms with van der Waals surface area (Å²) in [5, 5.41) is 2.84. The van der Waals surface area contributed by atoms with Crippen LogP contribution in [0.1, 0.15) is 16.1 Å². The highest BCUT2D eigenvalue weighted by atomic mass is 16.1. The Morgan fingerprint density at radius 3 is 2.71 bits per heavy atom. The van der Waals surface area contributed by atoms with Crippen LogP contribution in [-0.4, -0.2) is 10.5 Å². The predicted octanol–water partition coefficient (Wildman–Crippen LogP) is 2.17. The maximum atomic E-state index is 12.0. The Kier molecular flexibility index (Phi) is 2.87. The molecule has 2 rings (SSSR count). The number of amides is 1. The van der Waals surface area contributed by atoms with Crippen molar-refractivity contribution in [1.29, 1.82) is 0 Å². The molecule has 0 fully saturated rings. The number of nitrogens with two attached hydrogens (primary N) is 1. The highest BCUT2D eigenvalue weighted by Gasteiger charge is 2.10. The Bertz CT molecular complexity index is 558. The summed E-state index contributed by atoms with van der Waals surface area (Å²) in [4.78, 5) is 12.0. The fourth-order valence-corrected chi connectivity index (χ4v) is 1.73. The Balaban J connectivity index is 2.20. The molecule has 0 spiro atoms. The molecule has 1 aromatic carbocycles.